The van der Waals surface area contributed by atoms with E-state index in [1.54, 1.807) is 6.20 Å². The Morgan fingerprint density at radius 1 is 1.23 bits per heavy atom. The molecule has 7 heteroatoms. The van der Waals surface area contributed by atoms with Gasteiger partial charge in [-0.25, -0.2) is 9.78 Å². The summed E-state index contributed by atoms with van der Waals surface area (Å²) in [5, 5.41) is 0.737. The number of nitrogens with zero attached hydrogens (tertiary/aromatic N) is 2. The maximum absolute atomic E-state index is 12.1. The highest BCUT2D eigenvalue weighted by Crippen LogP contribution is 2.36. The third-order valence-electron chi connectivity index (χ3n) is 6.34. The van der Waals surface area contributed by atoms with E-state index in [2.05, 4.69) is 22.0 Å². The van der Waals surface area contributed by atoms with Crippen LogP contribution in [0.5, 0.6) is 0 Å². The van der Waals surface area contributed by atoms with Crippen LogP contribution in [0.1, 0.15) is 48.8 Å². The Morgan fingerprint density at radius 2 is 1.97 bits per heavy atom. The number of hydrogen-bond acceptors (Lipinski definition) is 6. The topological polar surface area (TPSA) is 64.8 Å². The number of morpholine rings is 1. The van der Waals surface area contributed by atoms with Crippen molar-refractivity contribution in [1.82, 2.24) is 9.88 Å². The zero-order valence-electron chi connectivity index (χ0n) is 17.6. The molecule has 1 aliphatic heterocycles. The summed E-state index contributed by atoms with van der Waals surface area (Å²) in [6, 6.07) is 8.60. The number of rotatable bonds is 5. The summed E-state index contributed by atoms with van der Waals surface area (Å²) >= 11 is 6.04. The Hall–Kier alpha value is -1.89. The minimum Gasteiger partial charge on any atom is -0.467 e. The van der Waals surface area contributed by atoms with Crippen LogP contribution in [-0.2, 0) is 20.7 Å². The zero-order valence-corrected chi connectivity index (χ0v) is 18.3. The molecule has 162 valence electrons. The SMILES string of the molecule is COC(=O)[C@H]1CN(C2CCC(c3ncc(C)o3)CC2)[C@@H](Cc2ccc(Cl)cc2)CO1. The van der Waals surface area contributed by atoms with E-state index >= 15 is 0 Å². The van der Waals surface area contributed by atoms with E-state index in [4.69, 9.17) is 25.5 Å². The van der Waals surface area contributed by atoms with Gasteiger partial charge in [0.15, 0.2) is 12.0 Å². The van der Waals surface area contributed by atoms with Gasteiger partial charge in [-0.3, -0.25) is 4.90 Å². The highest BCUT2D eigenvalue weighted by Gasteiger charge is 2.39. The molecule has 2 heterocycles. The minimum absolute atomic E-state index is 0.220. The molecular weight excluding hydrogens is 404 g/mol. The average molecular weight is 433 g/mol. The van der Waals surface area contributed by atoms with Crippen LogP contribution in [0.3, 0.4) is 0 Å². The van der Waals surface area contributed by atoms with E-state index in [9.17, 15) is 4.79 Å². The lowest BCUT2D eigenvalue weighted by molar-refractivity contribution is -0.165. The number of hydrogen-bond donors (Lipinski definition) is 0. The Balaban J connectivity index is 1.45. The van der Waals surface area contributed by atoms with Gasteiger partial charge in [-0.2, -0.15) is 0 Å². The first-order chi connectivity index (χ1) is 14.5. The molecule has 1 aliphatic carbocycles. The van der Waals surface area contributed by atoms with Crippen LogP contribution in [-0.4, -0.2) is 54.3 Å². The second kappa shape index (κ2) is 9.50. The fourth-order valence-electron chi connectivity index (χ4n) is 4.72. The number of oxazole rings is 1. The highest BCUT2D eigenvalue weighted by molar-refractivity contribution is 6.30. The standard InChI is InChI=1S/C23H29ClN2O4/c1-15-12-25-22(30-15)17-5-9-19(10-6-17)26-13-21(23(27)28-2)29-14-20(26)11-16-3-7-18(24)8-4-16/h3-4,7-8,12,17,19-21H,5-6,9-11,13-14H2,1-2H3/t17?,19?,20-,21+/m0/s1. The fourth-order valence-corrected chi connectivity index (χ4v) is 4.85. The fraction of sp³-hybridized carbons (Fsp3) is 0.565. The lowest BCUT2D eigenvalue weighted by Crippen LogP contribution is -2.57. The van der Waals surface area contributed by atoms with Crippen LogP contribution in [0.15, 0.2) is 34.9 Å². The molecular formula is C23H29ClN2O4. The Bertz CT molecular complexity index is 845. The molecule has 2 aromatic rings. The highest BCUT2D eigenvalue weighted by atomic mass is 35.5. The third kappa shape index (κ3) is 4.88. The Morgan fingerprint density at radius 3 is 2.60 bits per heavy atom. The third-order valence-corrected chi connectivity index (χ3v) is 6.59. The summed E-state index contributed by atoms with van der Waals surface area (Å²) in [4.78, 5) is 19.0. The van der Waals surface area contributed by atoms with Crippen molar-refractivity contribution in [2.24, 2.45) is 0 Å². The van der Waals surface area contributed by atoms with Gasteiger partial charge in [0.05, 0.1) is 19.9 Å². The van der Waals surface area contributed by atoms with E-state index in [-0.39, 0.29) is 12.0 Å². The molecule has 0 spiro atoms. The number of aromatic nitrogens is 1. The maximum Gasteiger partial charge on any atom is 0.336 e. The van der Waals surface area contributed by atoms with Gasteiger partial charge in [-0.05, 0) is 56.7 Å². The summed E-state index contributed by atoms with van der Waals surface area (Å²) in [6.07, 6.45) is 6.32. The van der Waals surface area contributed by atoms with Crippen LogP contribution in [0.2, 0.25) is 5.02 Å². The monoisotopic (exact) mass is 432 g/mol. The summed E-state index contributed by atoms with van der Waals surface area (Å²) in [5.41, 5.74) is 1.22. The summed E-state index contributed by atoms with van der Waals surface area (Å²) in [5.74, 6) is 1.80. The van der Waals surface area contributed by atoms with Gasteiger partial charge < -0.3 is 13.9 Å². The van der Waals surface area contributed by atoms with Crippen LogP contribution in [0.25, 0.3) is 0 Å². The van der Waals surface area contributed by atoms with Crippen molar-refractivity contribution in [2.45, 2.75) is 63.1 Å². The van der Waals surface area contributed by atoms with Crippen LogP contribution in [0.4, 0.5) is 0 Å². The Labute approximate surface area is 182 Å². The van der Waals surface area contributed by atoms with Crippen molar-refractivity contribution in [2.75, 3.05) is 20.3 Å². The number of aryl methyl sites for hydroxylation is 1. The molecule has 2 atom stereocenters. The van der Waals surface area contributed by atoms with Crippen molar-refractivity contribution in [1.29, 1.82) is 0 Å². The number of carbonyl (C=O) groups is 1. The molecule has 1 saturated heterocycles. The zero-order chi connectivity index (χ0) is 21.1. The van der Waals surface area contributed by atoms with Gasteiger partial charge in [0, 0.05) is 29.6 Å². The molecule has 4 rings (SSSR count). The smallest absolute Gasteiger partial charge is 0.336 e. The molecule has 1 saturated carbocycles. The quantitative estimate of drug-likeness (QED) is 0.661. The number of carbonyl (C=O) groups excluding carboxylic acids is 1. The van der Waals surface area contributed by atoms with Crippen LogP contribution in [0, 0.1) is 6.92 Å². The molecule has 1 aromatic heterocycles. The van der Waals surface area contributed by atoms with Crippen molar-refractivity contribution in [3.05, 3.63) is 52.7 Å². The predicted octanol–water partition coefficient (Wildman–Crippen LogP) is 4.15. The normalized spacial score (nSPS) is 27.7. The summed E-state index contributed by atoms with van der Waals surface area (Å²) in [7, 11) is 1.42. The van der Waals surface area contributed by atoms with Crippen molar-refractivity contribution >= 4 is 17.6 Å². The van der Waals surface area contributed by atoms with Gasteiger partial charge in [-0.15, -0.1) is 0 Å². The second-order valence-corrected chi connectivity index (χ2v) is 8.78. The first-order valence-electron chi connectivity index (χ1n) is 10.7. The molecule has 6 nitrogen and oxygen atoms in total. The maximum atomic E-state index is 12.1. The number of benzene rings is 1. The molecule has 0 unspecified atom stereocenters. The molecule has 0 bridgehead atoms. The predicted molar refractivity (Wildman–Crippen MR) is 114 cm³/mol. The van der Waals surface area contributed by atoms with E-state index in [1.807, 2.05) is 19.1 Å². The van der Waals surface area contributed by atoms with Gasteiger partial charge >= 0.3 is 5.97 Å². The van der Waals surface area contributed by atoms with Crippen LogP contribution >= 0.6 is 11.6 Å². The number of ether oxygens (including phenoxy) is 2. The molecule has 0 amide bonds. The molecule has 1 aromatic carbocycles. The molecule has 2 aliphatic rings. The van der Waals surface area contributed by atoms with Gasteiger partial charge in [0.25, 0.3) is 0 Å². The van der Waals surface area contributed by atoms with Crippen LogP contribution < -0.4 is 0 Å². The van der Waals surface area contributed by atoms with Crippen molar-refractivity contribution in [3.63, 3.8) is 0 Å². The van der Waals surface area contributed by atoms with E-state index in [0.29, 0.717) is 25.1 Å². The van der Waals surface area contributed by atoms with E-state index in [1.165, 1.54) is 12.7 Å². The molecule has 0 radical (unpaired) electrons. The lowest BCUT2D eigenvalue weighted by Gasteiger charge is -2.45. The Kier molecular flexibility index (Phi) is 6.76. The average Bonchev–Trinajstić information content (AvgIpc) is 3.21. The molecule has 2 fully saturated rings. The van der Waals surface area contributed by atoms with Crippen molar-refractivity contribution in [3.8, 4) is 0 Å². The minimum atomic E-state index is -0.524. The number of halogens is 1. The van der Waals surface area contributed by atoms with Gasteiger partial charge in [0.1, 0.15) is 5.76 Å². The number of methoxy groups -OCH3 is 1. The molecule has 0 N–H and O–H groups in total. The lowest BCUT2D eigenvalue weighted by atomic mass is 9.84. The summed E-state index contributed by atoms with van der Waals surface area (Å²) < 4.78 is 16.6. The van der Waals surface area contributed by atoms with Crippen molar-refractivity contribution < 1.29 is 18.7 Å². The summed E-state index contributed by atoms with van der Waals surface area (Å²) in [6.45, 7) is 3.02. The van der Waals surface area contributed by atoms with E-state index < -0.39 is 6.10 Å². The van der Waals surface area contributed by atoms with Gasteiger partial charge in [0.2, 0.25) is 0 Å². The first-order valence-corrected chi connectivity index (χ1v) is 11.0. The largest absolute Gasteiger partial charge is 0.467 e. The second-order valence-electron chi connectivity index (χ2n) is 8.34. The number of esters is 1. The molecule has 30 heavy (non-hydrogen) atoms. The van der Waals surface area contributed by atoms with Gasteiger partial charge in [-0.1, -0.05) is 23.7 Å². The van der Waals surface area contributed by atoms with E-state index in [0.717, 1.165) is 48.8 Å². The first kappa shape index (κ1) is 21.3.